The van der Waals surface area contributed by atoms with Gasteiger partial charge in [0.05, 0.1) is 12.6 Å². The molecule has 2 unspecified atom stereocenters. The molecule has 1 aliphatic heterocycles. The first-order valence-electron chi connectivity index (χ1n) is 12.6. The number of fused-ring (bicyclic) bond motifs is 1. The van der Waals surface area contributed by atoms with E-state index in [-0.39, 0.29) is 23.8 Å². The van der Waals surface area contributed by atoms with Crippen molar-refractivity contribution >= 4 is 17.5 Å². The Hall–Kier alpha value is -3.19. The van der Waals surface area contributed by atoms with E-state index in [1.54, 1.807) is 23.8 Å². The number of imidazole rings is 1. The molecular formula is C28H36N4O3. The Morgan fingerprint density at radius 1 is 1.11 bits per heavy atom. The maximum Gasteiger partial charge on any atom is 0.274 e. The van der Waals surface area contributed by atoms with Crippen molar-refractivity contribution in [2.45, 2.75) is 51.5 Å². The van der Waals surface area contributed by atoms with E-state index < -0.39 is 0 Å². The standard InChI is InChI=1S/C28H36N4O3/c1-20(2)16-22(21-10-5-4-6-11-21)17-29-27(33)25-13-9-14-26-30-24(18-32(25)26)28(34)31-15-8-7-12-23(31)19-35-3/h4-6,9-11,13-14,18,20,22-23H,7-8,12,15-17,19H2,1-3H3,(H,29,33). The van der Waals surface area contributed by atoms with Gasteiger partial charge in [-0.2, -0.15) is 0 Å². The molecule has 186 valence electrons. The number of benzene rings is 1. The molecule has 0 aliphatic carbocycles. The second-order valence-electron chi connectivity index (χ2n) is 9.82. The van der Waals surface area contributed by atoms with E-state index in [1.165, 1.54) is 5.56 Å². The molecule has 7 heteroatoms. The number of hydrogen-bond donors (Lipinski definition) is 1. The SMILES string of the molecule is COCC1CCCCN1C(=O)c1cn2c(C(=O)NCC(CC(C)C)c3ccccc3)cccc2n1. The number of carbonyl (C=O) groups excluding carboxylic acids is 2. The Balaban J connectivity index is 1.52. The van der Waals surface area contributed by atoms with Crippen LogP contribution < -0.4 is 5.32 Å². The third kappa shape index (κ3) is 5.90. The van der Waals surface area contributed by atoms with E-state index >= 15 is 0 Å². The van der Waals surface area contributed by atoms with Crippen LogP contribution in [0, 0.1) is 5.92 Å². The summed E-state index contributed by atoms with van der Waals surface area (Å²) < 4.78 is 7.06. The summed E-state index contributed by atoms with van der Waals surface area (Å²) in [4.78, 5) is 33.0. The molecule has 1 aromatic carbocycles. The monoisotopic (exact) mass is 476 g/mol. The van der Waals surface area contributed by atoms with Crippen molar-refractivity contribution in [1.82, 2.24) is 19.6 Å². The molecule has 2 aromatic heterocycles. The highest BCUT2D eigenvalue weighted by Gasteiger charge is 2.29. The average molecular weight is 477 g/mol. The fourth-order valence-electron chi connectivity index (χ4n) is 5.02. The minimum absolute atomic E-state index is 0.0599. The summed E-state index contributed by atoms with van der Waals surface area (Å²) in [7, 11) is 1.66. The highest BCUT2D eigenvalue weighted by molar-refractivity contribution is 5.95. The Labute approximate surface area is 207 Å². The highest BCUT2D eigenvalue weighted by atomic mass is 16.5. The molecule has 7 nitrogen and oxygen atoms in total. The fraction of sp³-hybridized carbons (Fsp3) is 0.464. The maximum absolute atomic E-state index is 13.3. The van der Waals surface area contributed by atoms with Crippen LogP contribution in [-0.2, 0) is 4.74 Å². The van der Waals surface area contributed by atoms with Gasteiger partial charge in [-0.15, -0.1) is 0 Å². The number of carbonyl (C=O) groups is 2. The first-order valence-corrected chi connectivity index (χ1v) is 12.6. The van der Waals surface area contributed by atoms with E-state index in [0.717, 1.165) is 25.7 Å². The summed E-state index contributed by atoms with van der Waals surface area (Å²) in [5.41, 5.74) is 2.64. The molecule has 2 atom stereocenters. The molecule has 3 heterocycles. The van der Waals surface area contributed by atoms with Gasteiger partial charge in [0.2, 0.25) is 0 Å². The van der Waals surface area contributed by atoms with Crippen molar-refractivity contribution < 1.29 is 14.3 Å². The molecule has 1 aliphatic rings. The van der Waals surface area contributed by atoms with E-state index in [1.807, 2.05) is 35.2 Å². The normalized spacial score (nSPS) is 17.0. The van der Waals surface area contributed by atoms with Gasteiger partial charge in [0, 0.05) is 32.3 Å². The number of likely N-dealkylation sites (tertiary alicyclic amines) is 1. The van der Waals surface area contributed by atoms with E-state index in [0.29, 0.717) is 42.6 Å². The number of aromatic nitrogens is 2. The van der Waals surface area contributed by atoms with Gasteiger partial charge in [0.15, 0.2) is 0 Å². The number of pyridine rings is 1. The number of nitrogens with one attached hydrogen (secondary N) is 1. The molecule has 35 heavy (non-hydrogen) atoms. The molecule has 3 aromatic rings. The molecule has 4 rings (SSSR count). The number of nitrogens with zero attached hydrogens (tertiary/aromatic N) is 3. The van der Waals surface area contributed by atoms with Crippen LogP contribution in [0.2, 0.25) is 0 Å². The molecule has 1 fully saturated rings. The van der Waals surface area contributed by atoms with Gasteiger partial charge in [-0.25, -0.2) is 4.98 Å². The smallest absolute Gasteiger partial charge is 0.274 e. The van der Waals surface area contributed by atoms with Crippen molar-refractivity contribution in [3.05, 3.63) is 71.7 Å². The summed E-state index contributed by atoms with van der Waals surface area (Å²) in [5, 5.41) is 3.12. The summed E-state index contributed by atoms with van der Waals surface area (Å²) in [6.45, 7) is 6.16. The fourth-order valence-corrected chi connectivity index (χ4v) is 5.02. The van der Waals surface area contributed by atoms with E-state index in [9.17, 15) is 9.59 Å². The lowest BCUT2D eigenvalue weighted by Crippen LogP contribution is -2.46. The van der Waals surface area contributed by atoms with Crippen molar-refractivity contribution in [2.24, 2.45) is 5.92 Å². The highest BCUT2D eigenvalue weighted by Crippen LogP contribution is 2.24. The van der Waals surface area contributed by atoms with Crippen LogP contribution >= 0.6 is 0 Å². The van der Waals surface area contributed by atoms with Crippen LogP contribution in [0.15, 0.2) is 54.7 Å². The van der Waals surface area contributed by atoms with Crippen molar-refractivity contribution in [3.8, 4) is 0 Å². The topological polar surface area (TPSA) is 75.9 Å². The van der Waals surface area contributed by atoms with Crippen molar-refractivity contribution in [1.29, 1.82) is 0 Å². The lowest BCUT2D eigenvalue weighted by molar-refractivity contribution is 0.0423. The molecule has 0 bridgehead atoms. The lowest BCUT2D eigenvalue weighted by Gasteiger charge is -2.34. The van der Waals surface area contributed by atoms with Gasteiger partial charge in [0.1, 0.15) is 17.0 Å². The summed E-state index contributed by atoms with van der Waals surface area (Å²) in [6.07, 6.45) is 5.67. The number of amides is 2. The number of methoxy groups -OCH3 is 1. The van der Waals surface area contributed by atoms with Crippen LogP contribution in [0.1, 0.15) is 72.0 Å². The van der Waals surface area contributed by atoms with Crippen LogP contribution in [-0.4, -0.2) is 58.9 Å². The first-order chi connectivity index (χ1) is 17.0. The van der Waals surface area contributed by atoms with Gasteiger partial charge in [-0.05, 0) is 49.3 Å². The number of ether oxygens (including phenoxy) is 1. The van der Waals surface area contributed by atoms with Gasteiger partial charge in [-0.3, -0.25) is 14.0 Å². The van der Waals surface area contributed by atoms with Crippen LogP contribution in [0.5, 0.6) is 0 Å². The molecule has 0 saturated carbocycles. The summed E-state index contributed by atoms with van der Waals surface area (Å²) in [5.74, 6) is 0.463. The average Bonchev–Trinajstić information content (AvgIpc) is 3.31. The molecule has 0 spiro atoms. The van der Waals surface area contributed by atoms with E-state index in [2.05, 4.69) is 36.3 Å². The van der Waals surface area contributed by atoms with Gasteiger partial charge in [0.25, 0.3) is 11.8 Å². The van der Waals surface area contributed by atoms with Crippen molar-refractivity contribution in [2.75, 3.05) is 26.8 Å². The third-order valence-electron chi connectivity index (χ3n) is 6.73. The van der Waals surface area contributed by atoms with Crippen LogP contribution in [0.25, 0.3) is 5.65 Å². The lowest BCUT2D eigenvalue weighted by atomic mass is 9.90. The molecular weight excluding hydrogens is 440 g/mol. The quantitative estimate of drug-likeness (QED) is 0.492. The number of rotatable bonds is 9. The summed E-state index contributed by atoms with van der Waals surface area (Å²) >= 11 is 0. The van der Waals surface area contributed by atoms with Crippen LogP contribution in [0.3, 0.4) is 0 Å². The predicted molar refractivity (Wildman–Crippen MR) is 137 cm³/mol. The predicted octanol–water partition coefficient (Wildman–Crippen LogP) is 4.54. The van der Waals surface area contributed by atoms with Crippen LogP contribution in [0.4, 0.5) is 0 Å². The largest absolute Gasteiger partial charge is 0.383 e. The third-order valence-corrected chi connectivity index (χ3v) is 6.73. The minimum atomic E-state index is -0.174. The van der Waals surface area contributed by atoms with Gasteiger partial charge >= 0.3 is 0 Å². The molecule has 1 N–H and O–H groups in total. The number of hydrogen-bond acceptors (Lipinski definition) is 4. The van der Waals surface area contributed by atoms with E-state index in [4.69, 9.17) is 4.74 Å². The van der Waals surface area contributed by atoms with Gasteiger partial charge in [-0.1, -0.05) is 50.2 Å². The Morgan fingerprint density at radius 3 is 2.66 bits per heavy atom. The maximum atomic E-state index is 13.3. The molecule has 0 radical (unpaired) electrons. The molecule has 2 amide bonds. The zero-order chi connectivity index (χ0) is 24.8. The molecule has 1 saturated heterocycles. The Morgan fingerprint density at radius 2 is 1.91 bits per heavy atom. The zero-order valence-corrected chi connectivity index (χ0v) is 20.9. The Bertz CT molecular complexity index is 1140. The minimum Gasteiger partial charge on any atom is -0.383 e. The number of piperidine rings is 1. The first kappa shape index (κ1) is 24.9. The summed E-state index contributed by atoms with van der Waals surface area (Å²) in [6, 6.07) is 15.8. The second kappa shape index (κ2) is 11.5. The zero-order valence-electron chi connectivity index (χ0n) is 20.9. The second-order valence-corrected chi connectivity index (χ2v) is 9.82. The van der Waals surface area contributed by atoms with Crippen molar-refractivity contribution in [3.63, 3.8) is 0 Å². The van der Waals surface area contributed by atoms with Gasteiger partial charge < -0.3 is 15.0 Å². The Kier molecular flexibility index (Phi) is 8.18.